The van der Waals surface area contributed by atoms with Gasteiger partial charge >= 0.3 is 0 Å². The molecule has 61 heavy (non-hydrogen) atoms. The largest absolute Gasteiger partial charge is 0.455 e. The van der Waals surface area contributed by atoms with Gasteiger partial charge in [-0.2, -0.15) is 0 Å². The van der Waals surface area contributed by atoms with Crippen molar-refractivity contribution in [3.05, 3.63) is 247 Å². The average Bonchev–Trinajstić information content (AvgIpc) is 3.99. The van der Waals surface area contributed by atoms with Crippen molar-refractivity contribution in [2.45, 2.75) is 5.41 Å². The molecule has 13 rings (SSSR count). The van der Waals surface area contributed by atoms with Crippen molar-refractivity contribution < 1.29 is 4.42 Å². The summed E-state index contributed by atoms with van der Waals surface area (Å²) in [6.07, 6.45) is 0. The van der Waals surface area contributed by atoms with Crippen molar-refractivity contribution in [2.24, 2.45) is 0 Å². The second-order valence-electron chi connectivity index (χ2n) is 16.3. The molecule has 2 aliphatic carbocycles. The molecule has 1 aromatic heterocycles. The Kier molecular flexibility index (Phi) is 7.26. The Morgan fingerprint density at radius 2 is 0.820 bits per heavy atom. The van der Waals surface area contributed by atoms with E-state index in [-0.39, 0.29) is 0 Å². The fourth-order valence-electron chi connectivity index (χ4n) is 10.9. The molecule has 2 aliphatic rings. The highest BCUT2D eigenvalue weighted by atomic mass is 16.3. The second-order valence-corrected chi connectivity index (χ2v) is 16.3. The summed E-state index contributed by atoms with van der Waals surface area (Å²) in [5, 5.41) is 5.87. The lowest BCUT2D eigenvalue weighted by Gasteiger charge is -2.31. The molecule has 0 radical (unpaired) electrons. The van der Waals surface area contributed by atoms with Gasteiger partial charge in [0.15, 0.2) is 0 Å². The fraction of sp³-hybridized carbons (Fsp3) is 0.0169. The standard InChI is InChI=1S/C59H37NO/c1-3-18-39(19-4-1)57-54(56-46-26-9-7-22-42(46)43-23-8-10-27-47(43)58(56)61-57)38-34-36-41(37-35-38)60(40-20-5-2-6-21-40)53-33-17-32-52-55(53)48-28-13-16-31-51(48)59(52)49-29-14-11-24-44(49)45-25-12-15-30-50(45)59/h1-37H. The van der Waals surface area contributed by atoms with E-state index in [0.717, 1.165) is 55.9 Å². The summed E-state index contributed by atoms with van der Waals surface area (Å²) in [5.74, 6) is 0.879. The first kappa shape index (κ1) is 34.0. The highest BCUT2D eigenvalue weighted by Crippen LogP contribution is 2.64. The minimum atomic E-state index is -0.426. The molecular formula is C59H37NO. The number of hydrogen-bond acceptors (Lipinski definition) is 2. The quantitative estimate of drug-likeness (QED) is 0.162. The average molecular weight is 776 g/mol. The summed E-state index contributed by atoms with van der Waals surface area (Å²) in [5.41, 5.74) is 17.6. The van der Waals surface area contributed by atoms with Gasteiger partial charge in [-0.25, -0.2) is 0 Å². The molecule has 0 fully saturated rings. The second kappa shape index (κ2) is 13.0. The molecule has 0 atom stereocenters. The monoisotopic (exact) mass is 775 g/mol. The van der Waals surface area contributed by atoms with E-state index in [9.17, 15) is 0 Å². The third-order valence-corrected chi connectivity index (χ3v) is 13.3. The maximum atomic E-state index is 7.05. The number of nitrogens with zero attached hydrogens (tertiary/aromatic N) is 1. The maximum Gasteiger partial charge on any atom is 0.143 e. The van der Waals surface area contributed by atoms with Gasteiger partial charge in [0, 0.05) is 38.8 Å². The first-order chi connectivity index (χ1) is 30.3. The minimum Gasteiger partial charge on any atom is -0.455 e. The molecule has 284 valence electrons. The molecule has 0 aliphatic heterocycles. The molecule has 2 nitrogen and oxygen atoms in total. The SMILES string of the molecule is c1ccc(-c2oc3c4ccccc4c4ccccc4c3c2-c2ccc(N(c3ccccc3)c3cccc4c3-c3ccccc3C43c4ccccc4-c4ccccc43)cc2)cc1. The topological polar surface area (TPSA) is 16.4 Å². The zero-order valence-corrected chi connectivity index (χ0v) is 33.2. The summed E-state index contributed by atoms with van der Waals surface area (Å²) < 4.78 is 7.05. The molecule has 0 amide bonds. The van der Waals surface area contributed by atoms with Crippen molar-refractivity contribution in [1.82, 2.24) is 0 Å². The number of para-hydroxylation sites is 1. The smallest absolute Gasteiger partial charge is 0.143 e. The van der Waals surface area contributed by atoms with E-state index in [1.165, 1.54) is 60.7 Å². The summed E-state index contributed by atoms with van der Waals surface area (Å²) in [6, 6.07) is 81.9. The third kappa shape index (κ3) is 4.67. The van der Waals surface area contributed by atoms with Gasteiger partial charge in [-0.3, -0.25) is 0 Å². The maximum absolute atomic E-state index is 7.05. The Morgan fingerprint density at radius 1 is 0.328 bits per heavy atom. The molecule has 0 unspecified atom stereocenters. The number of anilines is 3. The van der Waals surface area contributed by atoms with E-state index in [0.29, 0.717) is 0 Å². The van der Waals surface area contributed by atoms with Gasteiger partial charge in [0.1, 0.15) is 11.3 Å². The predicted molar refractivity (Wildman–Crippen MR) is 253 cm³/mol. The molecule has 0 saturated carbocycles. The van der Waals surface area contributed by atoms with Crippen molar-refractivity contribution in [3.63, 3.8) is 0 Å². The summed E-state index contributed by atoms with van der Waals surface area (Å²) in [7, 11) is 0. The van der Waals surface area contributed by atoms with Gasteiger partial charge in [0.05, 0.1) is 11.1 Å². The Balaban J connectivity index is 1.05. The van der Waals surface area contributed by atoms with Crippen LogP contribution in [0.1, 0.15) is 22.3 Å². The summed E-state index contributed by atoms with van der Waals surface area (Å²) in [4.78, 5) is 2.44. The molecule has 2 heteroatoms. The van der Waals surface area contributed by atoms with E-state index >= 15 is 0 Å². The zero-order valence-electron chi connectivity index (χ0n) is 33.2. The van der Waals surface area contributed by atoms with Crippen LogP contribution < -0.4 is 4.90 Å². The van der Waals surface area contributed by atoms with Crippen LogP contribution in [0.4, 0.5) is 17.1 Å². The Hall–Kier alpha value is -7.94. The predicted octanol–water partition coefficient (Wildman–Crippen LogP) is 15.9. The number of rotatable bonds is 5. The third-order valence-electron chi connectivity index (χ3n) is 13.3. The first-order valence-electron chi connectivity index (χ1n) is 21.1. The van der Waals surface area contributed by atoms with Gasteiger partial charge in [0.25, 0.3) is 0 Å². The minimum absolute atomic E-state index is 0.426. The van der Waals surface area contributed by atoms with E-state index < -0.39 is 5.41 Å². The zero-order chi connectivity index (χ0) is 40.1. The lowest BCUT2D eigenvalue weighted by atomic mass is 9.70. The normalized spacial score (nSPS) is 13.0. The van der Waals surface area contributed by atoms with Crippen LogP contribution >= 0.6 is 0 Å². The van der Waals surface area contributed by atoms with Gasteiger partial charge in [0.2, 0.25) is 0 Å². The van der Waals surface area contributed by atoms with Crippen molar-refractivity contribution in [3.8, 4) is 44.7 Å². The van der Waals surface area contributed by atoms with E-state index in [1.54, 1.807) is 0 Å². The fourth-order valence-corrected chi connectivity index (χ4v) is 10.9. The number of hydrogen-bond donors (Lipinski definition) is 0. The lowest BCUT2D eigenvalue weighted by molar-refractivity contribution is 0.636. The van der Waals surface area contributed by atoms with Crippen molar-refractivity contribution >= 4 is 49.6 Å². The van der Waals surface area contributed by atoms with Gasteiger partial charge in [-0.15, -0.1) is 0 Å². The van der Waals surface area contributed by atoms with Crippen LogP contribution in [0.5, 0.6) is 0 Å². The van der Waals surface area contributed by atoms with E-state index in [4.69, 9.17) is 4.42 Å². The van der Waals surface area contributed by atoms with Crippen LogP contribution in [-0.4, -0.2) is 0 Å². The Bertz CT molecular complexity index is 3480. The highest BCUT2D eigenvalue weighted by molar-refractivity contribution is 6.28. The van der Waals surface area contributed by atoms with Gasteiger partial charge < -0.3 is 9.32 Å². The van der Waals surface area contributed by atoms with E-state index in [2.05, 4.69) is 229 Å². The van der Waals surface area contributed by atoms with Crippen LogP contribution in [0, 0.1) is 0 Å². The molecule has 10 aromatic carbocycles. The van der Waals surface area contributed by atoms with Crippen molar-refractivity contribution in [2.75, 3.05) is 4.90 Å². The van der Waals surface area contributed by atoms with Crippen LogP contribution in [-0.2, 0) is 5.41 Å². The molecule has 0 saturated heterocycles. The lowest BCUT2D eigenvalue weighted by Crippen LogP contribution is -2.26. The van der Waals surface area contributed by atoms with Crippen molar-refractivity contribution in [1.29, 1.82) is 0 Å². The van der Waals surface area contributed by atoms with Crippen LogP contribution in [0.2, 0.25) is 0 Å². The van der Waals surface area contributed by atoms with Gasteiger partial charge in [-0.05, 0) is 91.0 Å². The highest BCUT2D eigenvalue weighted by Gasteiger charge is 2.52. The summed E-state index contributed by atoms with van der Waals surface area (Å²) in [6.45, 7) is 0. The first-order valence-corrected chi connectivity index (χ1v) is 21.1. The Morgan fingerprint density at radius 3 is 1.49 bits per heavy atom. The number of furan rings is 1. The summed E-state index contributed by atoms with van der Waals surface area (Å²) >= 11 is 0. The van der Waals surface area contributed by atoms with Crippen LogP contribution in [0.25, 0.3) is 77.2 Å². The molecule has 1 heterocycles. The van der Waals surface area contributed by atoms with E-state index in [1.807, 2.05) is 0 Å². The van der Waals surface area contributed by atoms with Gasteiger partial charge in [-0.1, -0.05) is 194 Å². The van der Waals surface area contributed by atoms with Crippen LogP contribution in [0.3, 0.4) is 0 Å². The Labute approximate surface area is 354 Å². The molecule has 0 N–H and O–H groups in total. The molecule has 1 spiro atoms. The van der Waals surface area contributed by atoms with Crippen LogP contribution in [0.15, 0.2) is 229 Å². The number of benzene rings is 10. The molecule has 11 aromatic rings. The molecular weight excluding hydrogens is 739 g/mol. The molecule has 0 bridgehead atoms. The number of fused-ring (bicyclic) bond motifs is 16.